The zero-order valence-corrected chi connectivity index (χ0v) is 19.8. The molecular formula is C24H25ClN6S. The summed E-state index contributed by atoms with van der Waals surface area (Å²) in [5, 5.41) is 16.8. The maximum Gasteiger partial charge on any atom is 0.176 e. The zero-order chi connectivity index (χ0) is 22.7. The number of nitrogens with zero attached hydrogens (tertiary/aromatic N) is 4. The Kier molecular flexibility index (Phi) is 6.58. The molecule has 0 aliphatic carbocycles. The molecule has 0 saturated heterocycles. The van der Waals surface area contributed by atoms with Crippen LogP contribution in [0.4, 0.5) is 11.5 Å². The molecule has 164 valence electrons. The van der Waals surface area contributed by atoms with Gasteiger partial charge in [-0.05, 0) is 50.2 Å². The van der Waals surface area contributed by atoms with Crippen LogP contribution in [0, 0.1) is 20.8 Å². The van der Waals surface area contributed by atoms with Crippen molar-refractivity contribution in [1.82, 2.24) is 19.6 Å². The van der Waals surface area contributed by atoms with Crippen LogP contribution in [0.5, 0.6) is 0 Å². The molecule has 0 atom stereocenters. The molecule has 0 fully saturated rings. The van der Waals surface area contributed by atoms with Crippen LogP contribution in [0.1, 0.15) is 28.1 Å². The number of rotatable bonds is 6. The third kappa shape index (κ3) is 5.18. The lowest BCUT2D eigenvalue weighted by atomic mass is 10.1. The van der Waals surface area contributed by atoms with Gasteiger partial charge >= 0.3 is 0 Å². The van der Waals surface area contributed by atoms with Crippen molar-refractivity contribution in [2.45, 2.75) is 33.9 Å². The molecule has 0 aliphatic rings. The van der Waals surface area contributed by atoms with Gasteiger partial charge in [0, 0.05) is 17.3 Å². The molecule has 2 aromatic carbocycles. The van der Waals surface area contributed by atoms with Crippen molar-refractivity contribution < 1.29 is 0 Å². The molecule has 2 heterocycles. The Morgan fingerprint density at radius 2 is 1.69 bits per heavy atom. The van der Waals surface area contributed by atoms with Crippen LogP contribution >= 0.6 is 23.8 Å². The SMILES string of the molecule is Cc1ccc(Cn2nc(C)c(NC(=S)Nc3ccn(Cc4ccccc4Cl)n3)c2C)cc1. The van der Waals surface area contributed by atoms with Crippen LogP contribution in [-0.2, 0) is 13.1 Å². The Labute approximate surface area is 198 Å². The molecule has 2 N–H and O–H groups in total. The van der Waals surface area contributed by atoms with E-state index in [1.807, 2.05) is 59.7 Å². The number of hydrogen-bond acceptors (Lipinski definition) is 3. The smallest absolute Gasteiger partial charge is 0.176 e. The van der Waals surface area contributed by atoms with E-state index in [0.29, 0.717) is 24.0 Å². The number of aromatic nitrogens is 4. The van der Waals surface area contributed by atoms with Crippen LogP contribution in [0.15, 0.2) is 60.8 Å². The van der Waals surface area contributed by atoms with E-state index in [2.05, 4.69) is 52.0 Å². The van der Waals surface area contributed by atoms with Gasteiger partial charge in [0.1, 0.15) is 0 Å². The van der Waals surface area contributed by atoms with Crippen molar-refractivity contribution in [1.29, 1.82) is 0 Å². The number of halogens is 1. The van der Waals surface area contributed by atoms with Gasteiger partial charge in [-0.25, -0.2) is 0 Å². The van der Waals surface area contributed by atoms with Gasteiger partial charge in [-0.15, -0.1) is 0 Å². The van der Waals surface area contributed by atoms with Crippen molar-refractivity contribution in [3.05, 3.63) is 93.9 Å². The van der Waals surface area contributed by atoms with Gasteiger partial charge in [0.05, 0.1) is 30.2 Å². The maximum absolute atomic E-state index is 6.25. The predicted octanol–water partition coefficient (Wildman–Crippen LogP) is 5.56. The van der Waals surface area contributed by atoms with E-state index in [-0.39, 0.29) is 0 Å². The van der Waals surface area contributed by atoms with Crippen LogP contribution < -0.4 is 10.6 Å². The molecule has 6 nitrogen and oxygen atoms in total. The molecule has 8 heteroatoms. The number of nitrogens with one attached hydrogen (secondary N) is 2. The highest BCUT2D eigenvalue weighted by Gasteiger charge is 2.14. The fourth-order valence-corrected chi connectivity index (χ4v) is 3.88. The quantitative estimate of drug-likeness (QED) is 0.365. The van der Waals surface area contributed by atoms with E-state index < -0.39 is 0 Å². The molecule has 0 spiro atoms. The summed E-state index contributed by atoms with van der Waals surface area (Å²) in [7, 11) is 0. The average Bonchev–Trinajstić information content (AvgIpc) is 3.30. The van der Waals surface area contributed by atoms with E-state index in [1.165, 1.54) is 11.1 Å². The van der Waals surface area contributed by atoms with Crippen molar-refractivity contribution in [2.24, 2.45) is 0 Å². The van der Waals surface area contributed by atoms with Gasteiger partial charge in [-0.3, -0.25) is 9.36 Å². The molecule has 2 aromatic heterocycles. The lowest BCUT2D eigenvalue weighted by Crippen LogP contribution is -2.20. The lowest BCUT2D eigenvalue weighted by molar-refractivity contribution is 0.659. The Hall–Kier alpha value is -3.16. The number of aryl methyl sites for hydroxylation is 2. The maximum atomic E-state index is 6.25. The molecule has 0 radical (unpaired) electrons. The van der Waals surface area contributed by atoms with E-state index in [0.717, 1.165) is 27.7 Å². The van der Waals surface area contributed by atoms with Crippen LogP contribution in [0.2, 0.25) is 5.02 Å². The summed E-state index contributed by atoms with van der Waals surface area (Å²) in [4.78, 5) is 0. The summed E-state index contributed by atoms with van der Waals surface area (Å²) in [6, 6.07) is 18.1. The number of hydrogen-bond donors (Lipinski definition) is 2. The van der Waals surface area contributed by atoms with E-state index in [4.69, 9.17) is 23.8 Å². The molecule has 0 aliphatic heterocycles. The summed E-state index contributed by atoms with van der Waals surface area (Å²) >= 11 is 11.8. The summed E-state index contributed by atoms with van der Waals surface area (Å²) in [6.45, 7) is 7.40. The minimum atomic E-state index is 0.467. The largest absolute Gasteiger partial charge is 0.329 e. The second-order valence-electron chi connectivity index (χ2n) is 7.76. The Morgan fingerprint density at radius 1 is 0.938 bits per heavy atom. The number of anilines is 2. The highest BCUT2D eigenvalue weighted by atomic mass is 35.5. The van der Waals surface area contributed by atoms with Crippen molar-refractivity contribution in [3.63, 3.8) is 0 Å². The van der Waals surface area contributed by atoms with Gasteiger partial charge < -0.3 is 10.6 Å². The first-order chi connectivity index (χ1) is 15.4. The third-order valence-electron chi connectivity index (χ3n) is 5.25. The molecule has 4 aromatic rings. The first-order valence-electron chi connectivity index (χ1n) is 10.3. The normalized spacial score (nSPS) is 10.9. The van der Waals surface area contributed by atoms with Gasteiger partial charge in [0.25, 0.3) is 0 Å². The van der Waals surface area contributed by atoms with Gasteiger partial charge in [-0.1, -0.05) is 59.6 Å². The van der Waals surface area contributed by atoms with Gasteiger partial charge in [-0.2, -0.15) is 10.2 Å². The first-order valence-corrected chi connectivity index (χ1v) is 11.1. The third-order valence-corrected chi connectivity index (χ3v) is 5.82. The Morgan fingerprint density at radius 3 is 2.44 bits per heavy atom. The molecule has 0 unspecified atom stereocenters. The standard InChI is InChI=1S/C24H25ClN6S/c1-16-8-10-19(11-9-16)14-31-18(3)23(17(2)28-31)27-24(32)26-22-12-13-30(29-22)15-20-6-4-5-7-21(20)25/h4-13H,14-15H2,1-3H3,(H2,26,27,29,32). The van der Waals surface area contributed by atoms with Crippen molar-refractivity contribution >= 4 is 40.4 Å². The molecule has 0 amide bonds. The molecular weight excluding hydrogens is 440 g/mol. The van der Waals surface area contributed by atoms with E-state index in [1.54, 1.807) is 0 Å². The average molecular weight is 465 g/mol. The fourth-order valence-electron chi connectivity index (χ4n) is 3.48. The fraction of sp³-hybridized carbons (Fsp3) is 0.208. The minimum Gasteiger partial charge on any atom is -0.329 e. The predicted molar refractivity (Wildman–Crippen MR) is 135 cm³/mol. The second kappa shape index (κ2) is 9.54. The summed E-state index contributed by atoms with van der Waals surface area (Å²) < 4.78 is 3.81. The lowest BCUT2D eigenvalue weighted by Gasteiger charge is -2.10. The zero-order valence-electron chi connectivity index (χ0n) is 18.3. The highest BCUT2D eigenvalue weighted by Crippen LogP contribution is 2.21. The molecule has 4 rings (SSSR count). The van der Waals surface area contributed by atoms with Crippen molar-refractivity contribution in [2.75, 3.05) is 10.6 Å². The van der Waals surface area contributed by atoms with Crippen LogP contribution in [-0.4, -0.2) is 24.7 Å². The Bertz CT molecular complexity index is 1240. The molecule has 0 saturated carbocycles. The van der Waals surface area contributed by atoms with Gasteiger partial charge in [0.15, 0.2) is 10.9 Å². The number of benzene rings is 2. The number of thiocarbonyl (C=S) groups is 1. The summed E-state index contributed by atoms with van der Waals surface area (Å²) in [6.07, 6.45) is 1.89. The molecule has 0 bridgehead atoms. The Balaban J connectivity index is 1.40. The summed E-state index contributed by atoms with van der Waals surface area (Å²) in [5.41, 5.74) is 6.29. The van der Waals surface area contributed by atoms with Crippen LogP contribution in [0.3, 0.4) is 0 Å². The monoisotopic (exact) mass is 464 g/mol. The highest BCUT2D eigenvalue weighted by molar-refractivity contribution is 7.80. The summed E-state index contributed by atoms with van der Waals surface area (Å²) in [5.74, 6) is 0.664. The van der Waals surface area contributed by atoms with E-state index >= 15 is 0 Å². The minimum absolute atomic E-state index is 0.467. The van der Waals surface area contributed by atoms with Crippen LogP contribution in [0.25, 0.3) is 0 Å². The topological polar surface area (TPSA) is 59.7 Å². The second-order valence-corrected chi connectivity index (χ2v) is 8.57. The van der Waals surface area contributed by atoms with E-state index in [9.17, 15) is 0 Å². The van der Waals surface area contributed by atoms with Gasteiger partial charge in [0.2, 0.25) is 0 Å². The van der Waals surface area contributed by atoms with Crippen molar-refractivity contribution in [3.8, 4) is 0 Å². The molecule has 32 heavy (non-hydrogen) atoms. The first kappa shape index (κ1) is 22.0.